The van der Waals surface area contributed by atoms with Crippen molar-refractivity contribution in [2.24, 2.45) is 0 Å². The lowest BCUT2D eigenvalue weighted by Crippen LogP contribution is -2.26. The van der Waals surface area contributed by atoms with E-state index < -0.39 is 6.10 Å². The standard InChI is InChI=1S/C16H17NO2S/c1-12-3-2-4-13(9-12)5-6-16(19)17-10-15(18)14-7-8-20-11-14/h2-9,11,15,18H,10H2,1H3,(H,17,19)/b6-5+. The summed E-state index contributed by atoms with van der Waals surface area (Å²) >= 11 is 1.52. The summed E-state index contributed by atoms with van der Waals surface area (Å²) in [4.78, 5) is 11.7. The molecule has 0 spiro atoms. The molecule has 2 N–H and O–H groups in total. The second kappa shape index (κ2) is 7.03. The molecule has 1 unspecified atom stereocenters. The Labute approximate surface area is 122 Å². The number of hydrogen-bond donors (Lipinski definition) is 2. The fourth-order valence-corrected chi connectivity index (χ4v) is 2.49. The molecule has 1 aromatic heterocycles. The minimum Gasteiger partial charge on any atom is -0.387 e. The first-order valence-corrected chi connectivity index (χ1v) is 7.32. The normalized spacial score (nSPS) is 12.5. The topological polar surface area (TPSA) is 49.3 Å². The second-order valence-corrected chi connectivity index (χ2v) is 5.35. The van der Waals surface area contributed by atoms with E-state index >= 15 is 0 Å². The Kier molecular flexibility index (Phi) is 5.09. The van der Waals surface area contributed by atoms with Crippen molar-refractivity contribution in [2.45, 2.75) is 13.0 Å². The summed E-state index contributed by atoms with van der Waals surface area (Å²) in [5, 5.41) is 16.3. The third kappa shape index (κ3) is 4.33. The molecular formula is C16H17NO2S. The molecule has 0 fully saturated rings. The van der Waals surface area contributed by atoms with Gasteiger partial charge in [0.1, 0.15) is 0 Å². The second-order valence-electron chi connectivity index (χ2n) is 4.57. The lowest BCUT2D eigenvalue weighted by Gasteiger charge is -2.08. The monoisotopic (exact) mass is 287 g/mol. The average molecular weight is 287 g/mol. The largest absolute Gasteiger partial charge is 0.387 e. The number of aryl methyl sites for hydroxylation is 1. The van der Waals surface area contributed by atoms with Crippen LogP contribution < -0.4 is 5.32 Å². The van der Waals surface area contributed by atoms with Crippen LogP contribution in [0.1, 0.15) is 22.8 Å². The van der Waals surface area contributed by atoms with E-state index in [1.165, 1.54) is 17.4 Å². The predicted octanol–water partition coefficient (Wildman–Crippen LogP) is 2.92. The van der Waals surface area contributed by atoms with Gasteiger partial charge in [0, 0.05) is 12.6 Å². The lowest BCUT2D eigenvalue weighted by molar-refractivity contribution is -0.116. The van der Waals surface area contributed by atoms with Gasteiger partial charge in [-0.1, -0.05) is 29.8 Å². The Morgan fingerprint density at radius 3 is 3.00 bits per heavy atom. The van der Waals surface area contributed by atoms with Gasteiger partial charge in [0.05, 0.1) is 6.10 Å². The van der Waals surface area contributed by atoms with E-state index in [0.29, 0.717) is 0 Å². The number of amides is 1. The van der Waals surface area contributed by atoms with E-state index in [4.69, 9.17) is 0 Å². The highest BCUT2D eigenvalue weighted by Gasteiger charge is 2.08. The number of aliphatic hydroxyl groups is 1. The molecule has 2 aromatic rings. The molecule has 1 aromatic carbocycles. The van der Waals surface area contributed by atoms with Crippen molar-refractivity contribution in [3.05, 3.63) is 63.9 Å². The molecular weight excluding hydrogens is 270 g/mol. The highest BCUT2D eigenvalue weighted by atomic mass is 32.1. The molecule has 1 atom stereocenters. The molecule has 0 bridgehead atoms. The third-order valence-electron chi connectivity index (χ3n) is 2.87. The summed E-state index contributed by atoms with van der Waals surface area (Å²) in [6, 6.07) is 9.76. The van der Waals surface area contributed by atoms with Gasteiger partial charge in [-0.05, 0) is 41.0 Å². The zero-order chi connectivity index (χ0) is 14.4. The van der Waals surface area contributed by atoms with E-state index in [1.54, 1.807) is 6.08 Å². The molecule has 1 amide bonds. The van der Waals surface area contributed by atoms with Gasteiger partial charge < -0.3 is 10.4 Å². The smallest absolute Gasteiger partial charge is 0.244 e. The van der Waals surface area contributed by atoms with Gasteiger partial charge in [-0.2, -0.15) is 11.3 Å². The molecule has 104 valence electrons. The van der Waals surface area contributed by atoms with Crippen molar-refractivity contribution in [2.75, 3.05) is 6.54 Å². The number of thiophene rings is 1. The van der Waals surface area contributed by atoms with E-state index in [9.17, 15) is 9.90 Å². The zero-order valence-electron chi connectivity index (χ0n) is 11.2. The van der Waals surface area contributed by atoms with Gasteiger partial charge in [0.2, 0.25) is 5.91 Å². The van der Waals surface area contributed by atoms with Crippen molar-refractivity contribution in [3.8, 4) is 0 Å². The van der Waals surface area contributed by atoms with Crippen LogP contribution in [0.4, 0.5) is 0 Å². The van der Waals surface area contributed by atoms with Crippen molar-refractivity contribution in [3.63, 3.8) is 0 Å². The highest BCUT2D eigenvalue weighted by molar-refractivity contribution is 7.07. The average Bonchev–Trinajstić information content (AvgIpc) is 2.97. The molecule has 0 aliphatic heterocycles. The number of hydrogen-bond acceptors (Lipinski definition) is 3. The Bertz CT molecular complexity index is 590. The maximum Gasteiger partial charge on any atom is 0.244 e. The molecule has 1 heterocycles. The first-order valence-electron chi connectivity index (χ1n) is 6.38. The molecule has 20 heavy (non-hydrogen) atoms. The third-order valence-corrected chi connectivity index (χ3v) is 3.57. The van der Waals surface area contributed by atoms with Crippen LogP contribution in [0.5, 0.6) is 0 Å². The highest BCUT2D eigenvalue weighted by Crippen LogP contribution is 2.15. The van der Waals surface area contributed by atoms with Crippen LogP contribution in [-0.2, 0) is 4.79 Å². The fourth-order valence-electron chi connectivity index (χ4n) is 1.78. The van der Waals surface area contributed by atoms with Crippen LogP contribution in [0.25, 0.3) is 6.08 Å². The van der Waals surface area contributed by atoms with Gasteiger partial charge >= 0.3 is 0 Å². The quantitative estimate of drug-likeness (QED) is 0.831. The molecule has 0 saturated carbocycles. The molecule has 3 nitrogen and oxygen atoms in total. The van der Waals surface area contributed by atoms with E-state index in [-0.39, 0.29) is 12.5 Å². The maximum atomic E-state index is 11.7. The van der Waals surface area contributed by atoms with Crippen molar-refractivity contribution in [1.29, 1.82) is 0 Å². The Hall–Kier alpha value is -1.91. The van der Waals surface area contributed by atoms with Crippen molar-refractivity contribution >= 4 is 23.3 Å². The van der Waals surface area contributed by atoms with Crippen LogP contribution in [0.15, 0.2) is 47.2 Å². The van der Waals surface area contributed by atoms with Crippen molar-refractivity contribution in [1.82, 2.24) is 5.32 Å². The summed E-state index contributed by atoms with van der Waals surface area (Å²) < 4.78 is 0. The van der Waals surface area contributed by atoms with Crippen LogP contribution in [0.3, 0.4) is 0 Å². The molecule has 0 radical (unpaired) electrons. The number of benzene rings is 1. The van der Waals surface area contributed by atoms with E-state index in [2.05, 4.69) is 5.32 Å². The minimum absolute atomic E-state index is 0.208. The van der Waals surface area contributed by atoms with Crippen LogP contribution in [0.2, 0.25) is 0 Å². The van der Waals surface area contributed by atoms with Gasteiger partial charge in [0.25, 0.3) is 0 Å². The molecule has 0 saturated heterocycles. The minimum atomic E-state index is -0.655. The van der Waals surface area contributed by atoms with Gasteiger partial charge in [-0.15, -0.1) is 0 Å². The molecule has 0 aliphatic carbocycles. The summed E-state index contributed by atoms with van der Waals surface area (Å²) in [6.07, 6.45) is 2.59. The predicted molar refractivity (Wildman–Crippen MR) is 82.5 cm³/mol. The van der Waals surface area contributed by atoms with Crippen LogP contribution >= 0.6 is 11.3 Å². The van der Waals surface area contributed by atoms with Crippen LogP contribution in [0, 0.1) is 6.92 Å². The summed E-state index contributed by atoms with van der Waals surface area (Å²) in [5.41, 5.74) is 2.97. The van der Waals surface area contributed by atoms with Gasteiger partial charge in [-0.25, -0.2) is 0 Å². The summed E-state index contributed by atoms with van der Waals surface area (Å²) in [5.74, 6) is -0.208. The summed E-state index contributed by atoms with van der Waals surface area (Å²) in [6.45, 7) is 2.22. The number of nitrogens with one attached hydrogen (secondary N) is 1. The van der Waals surface area contributed by atoms with Crippen LogP contribution in [-0.4, -0.2) is 17.6 Å². The first kappa shape index (κ1) is 14.5. The SMILES string of the molecule is Cc1cccc(/C=C/C(=O)NCC(O)c2ccsc2)c1. The zero-order valence-corrected chi connectivity index (χ0v) is 12.1. The lowest BCUT2D eigenvalue weighted by atomic mass is 10.1. The number of carbonyl (C=O) groups excluding carboxylic acids is 1. The number of carbonyl (C=O) groups is 1. The molecule has 2 rings (SSSR count). The van der Waals surface area contributed by atoms with Gasteiger partial charge in [0.15, 0.2) is 0 Å². The number of aliphatic hydroxyl groups excluding tert-OH is 1. The Morgan fingerprint density at radius 1 is 1.45 bits per heavy atom. The Morgan fingerprint density at radius 2 is 2.30 bits per heavy atom. The first-order chi connectivity index (χ1) is 9.65. The van der Waals surface area contributed by atoms with E-state index in [1.807, 2.05) is 48.0 Å². The fraction of sp³-hybridized carbons (Fsp3) is 0.188. The number of rotatable bonds is 5. The summed E-state index contributed by atoms with van der Waals surface area (Å²) in [7, 11) is 0. The Balaban J connectivity index is 1.83. The molecule has 0 aliphatic rings. The van der Waals surface area contributed by atoms with Gasteiger partial charge in [-0.3, -0.25) is 4.79 Å². The van der Waals surface area contributed by atoms with E-state index in [0.717, 1.165) is 16.7 Å². The molecule has 4 heteroatoms. The maximum absolute atomic E-state index is 11.7. The van der Waals surface area contributed by atoms with Crippen molar-refractivity contribution < 1.29 is 9.90 Å².